The third-order valence-electron chi connectivity index (χ3n) is 2.65. The van der Waals surface area contributed by atoms with Gasteiger partial charge in [0.2, 0.25) is 5.91 Å². The molecule has 0 unspecified atom stereocenters. The highest BCUT2D eigenvalue weighted by atomic mass is 35.5. The predicted molar refractivity (Wildman–Crippen MR) is 76.5 cm³/mol. The van der Waals surface area contributed by atoms with E-state index in [1.165, 1.54) is 12.1 Å². The van der Waals surface area contributed by atoms with Crippen LogP contribution >= 0.6 is 12.4 Å². The maximum atomic E-state index is 12.7. The number of nitrogen functional groups attached to an aromatic ring is 1. The molecular formula is C13H17ClF3N3O. The highest BCUT2D eigenvalue weighted by Crippen LogP contribution is 2.32. The van der Waals surface area contributed by atoms with Gasteiger partial charge in [0.15, 0.2) is 0 Å². The minimum atomic E-state index is -4.56. The molecule has 0 saturated heterocycles. The number of alkyl halides is 3. The van der Waals surface area contributed by atoms with Gasteiger partial charge in [-0.2, -0.15) is 13.2 Å². The molecule has 0 aromatic heterocycles. The molecule has 21 heavy (non-hydrogen) atoms. The summed E-state index contributed by atoms with van der Waals surface area (Å²) in [4.78, 5) is 11.3. The van der Waals surface area contributed by atoms with Crippen LogP contribution in [-0.4, -0.2) is 11.7 Å². The number of halogens is 4. The lowest BCUT2D eigenvalue weighted by atomic mass is 10.0. The highest BCUT2D eigenvalue weighted by molar-refractivity contribution is 5.96. The topological polar surface area (TPSA) is 79.0 Å². The van der Waals surface area contributed by atoms with Crippen LogP contribution in [0.3, 0.4) is 0 Å². The van der Waals surface area contributed by atoms with Crippen LogP contribution < -0.4 is 11.1 Å². The minimum absolute atomic E-state index is 0. The third-order valence-corrected chi connectivity index (χ3v) is 2.65. The second-order valence-electron chi connectivity index (χ2n) is 4.32. The molecule has 0 aliphatic carbocycles. The minimum Gasteiger partial charge on any atom is -0.384 e. The van der Waals surface area contributed by atoms with Crippen molar-refractivity contribution >= 4 is 24.1 Å². The molecule has 0 heterocycles. The van der Waals surface area contributed by atoms with E-state index in [1.54, 1.807) is 0 Å². The molecule has 4 N–H and O–H groups in total. The lowest BCUT2D eigenvalue weighted by molar-refractivity contribution is -0.137. The van der Waals surface area contributed by atoms with Gasteiger partial charge in [0.1, 0.15) is 5.84 Å². The number of nitrogens with one attached hydrogen (secondary N) is 2. The zero-order chi connectivity index (χ0) is 15.3. The Labute approximate surface area is 126 Å². The van der Waals surface area contributed by atoms with Crippen LogP contribution in [0.5, 0.6) is 0 Å². The maximum Gasteiger partial charge on any atom is 0.417 e. The van der Waals surface area contributed by atoms with E-state index in [0.717, 1.165) is 6.07 Å². The summed E-state index contributed by atoms with van der Waals surface area (Å²) in [7, 11) is 0. The van der Waals surface area contributed by atoms with Crippen molar-refractivity contribution < 1.29 is 18.0 Å². The first-order valence-corrected chi connectivity index (χ1v) is 6.07. The smallest absolute Gasteiger partial charge is 0.384 e. The van der Waals surface area contributed by atoms with Gasteiger partial charge in [-0.1, -0.05) is 13.0 Å². The Bertz CT molecular complexity index is 518. The summed E-state index contributed by atoms with van der Waals surface area (Å²) in [5.74, 6) is -0.823. The highest BCUT2D eigenvalue weighted by Gasteiger charge is 2.34. The zero-order valence-corrected chi connectivity index (χ0v) is 12.2. The van der Waals surface area contributed by atoms with Crippen LogP contribution in [0.1, 0.15) is 36.5 Å². The largest absolute Gasteiger partial charge is 0.417 e. The first-order valence-electron chi connectivity index (χ1n) is 6.07. The van der Waals surface area contributed by atoms with Crippen molar-refractivity contribution in [3.63, 3.8) is 0 Å². The van der Waals surface area contributed by atoms with E-state index in [4.69, 9.17) is 11.1 Å². The van der Waals surface area contributed by atoms with Crippen molar-refractivity contribution in [3.8, 4) is 0 Å². The average Bonchev–Trinajstić information content (AvgIpc) is 2.35. The van der Waals surface area contributed by atoms with Crippen molar-refractivity contribution in [2.75, 3.05) is 0 Å². The fourth-order valence-electron chi connectivity index (χ4n) is 1.69. The van der Waals surface area contributed by atoms with Gasteiger partial charge in [0.05, 0.1) is 5.56 Å². The molecule has 0 saturated carbocycles. The molecule has 0 radical (unpaired) electrons. The van der Waals surface area contributed by atoms with Gasteiger partial charge in [-0.05, 0) is 24.1 Å². The molecule has 8 heteroatoms. The number of carbonyl (C=O) groups is 1. The fraction of sp³-hybridized carbons (Fsp3) is 0.385. The maximum absolute atomic E-state index is 12.7. The molecule has 0 bridgehead atoms. The summed E-state index contributed by atoms with van der Waals surface area (Å²) in [6.45, 7) is 1.96. The van der Waals surface area contributed by atoms with Gasteiger partial charge < -0.3 is 11.1 Å². The van der Waals surface area contributed by atoms with Crippen LogP contribution in [0.15, 0.2) is 18.2 Å². The zero-order valence-electron chi connectivity index (χ0n) is 11.4. The Morgan fingerprint density at radius 2 is 2.00 bits per heavy atom. The number of hydrogen-bond acceptors (Lipinski definition) is 2. The standard InChI is InChI=1S/C13H16F3N3O.ClH/c1-2-3-11(20)19-7-8-4-5-10(13(14,15)16)9(6-8)12(17)18;/h4-6H,2-3,7H2,1H3,(H3,17,18)(H,19,20);1H. The SMILES string of the molecule is CCCC(=O)NCc1ccc(C(F)(F)F)c(C(=N)N)c1.Cl. The van der Waals surface area contributed by atoms with E-state index in [0.29, 0.717) is 18.4 Å². The van der Waals surface area contributed by atoms with Crippen molar-refractivity contribution in [1.82, 2.24) is 5.32 Å². The van der Waals surface area contributed by atoms with Crippen molar-refractivity contribution in [1.29, 1.82) is 5.41 Å². The Kier molecular flexibility index (Phi) is 7.21. The summed E-state index contributed by atoms with van der Waals surface area (Å²) in [5.41, 5.74) is 4.32. The number of nitrogens with two attached hydrogens (primary N) is 1. The molecule has 118 valence electrons. The fourth-order valence-corrected chi connectivity index (χ4v) is 1.69. The Morgan fingerprint density at radius 3 is 2.48 bits per heavy atom. The lowest BCUT2D eigenvalue weighted by Gasteiger charge is -2.13. The van der Waals surface area contributed by atoms with Crippen LogP contribution in [0.2, 0.25) is 0 Å². The van der Waals surface area contributed by atoms with E-state index >= 15 is 0 Å². The van der Waals surface area contributed by atoms with Gasteiger partial charge in [0, 0.05) is 18.5 Å². The second-order valence-corrected chi connectivity index (χ2v) is 4.32. The molecule has 0 atom stereocenters. The van der Waals surface area contributed by atoms with E-state index in [2.05, 4.69) is 5.32 Å². The summed E-state index contributed by atoms with van der Waals surface area (Å²) in [6, 6.07) is 3.32. The summed E-state index contributed by atoms with van der Waals surface area (Å²) < 4.78 is 38.2. The van der Waals surface area contributed by atoms with Gasteiger partial charge in [0.25, 0.3) is 0 Å². The van der Waals surface area contributed by atoms with Gasteiger partial charge in [-0.25, -0.2) is 0 Å². The van der Waals surface area contributed by atoms with Crippen LogP contribution in [0, 0.1) is 5.41 Å². The quantitative estimate of drug-likeness (QED) is 0.575. The molecule has 0 fully saturated rings. The van der Waals surface area contributed by atoms with E-state index in [-0.39, 0.29) is 30.4 Å². The van der Waals surface area contributed by atoms with Crippen molar-refractivity contribution in [2.24, 2.45) is 5.73 Å². The van der Waals surface area contributed by atoms with Crippen molar-refractivity contribution in [2.45, 2.75) is 32.5 Å². The molecule has 0 aliphatic heterocycles. The van der Waals surface area contributed by atoms with Crippen LogP contribution in [0.25, 0.3) is 0 Å². The van der Waals surface area contributed by atoms with E-state index < -0.39 is 17.6 Å². The van der Waals surface area contributed by atoms with Gasteiger partial charge in [-0.3, -0.25) is 10.2 Å². The van der Waals surface area contributed by atoms with Crippen molar-refractivity contribution in [3.05, 3.63) is 34.9 Å². The number of amidine groups is 1. The average molecular weight is 324 g/mol. The summed E-state index contributed by atoms with van der Waals surface area (Å²) in [5, 5.41) is 9.82. The normalized spacial score (nSPS) is 10.7. The summed E-state index contributed by atoms with van der Waals surface area (Å²) in [6.07, 6.45) is -3.51. The molecular weight excluding hydrogens is 307 g/mol. The Balaban J connectivity index is 0.00000400. The molecule has 1 amide bonds. The Hall–Kier alpha value is -1.76. The predicted octanol–water partition coefficient (Wildman–Crippen LogP) is 2.83. The van der Waals surface area contributed by atoms with Crippen LogP contribution in [-0.2, 0) is 17.5 Å². The first-order chi connectivity index (χ1) is 9.25. The number of benzene rings is 1. The third kappa shape index (κ3) is 5.63. The van der Waals surface area contributed by atoms with E-state index in [9.17, 15) is 18.0 Å². The molecule has 0 spiro atoms. The Morgan fingerprint density at radius 1 is 1.38 bits per heavy atom. The molecule has 0 aliphatic rings. The molecule has 1 rings (SSSR count). The molecule has 4 nitrogen and oxygen atoms in total. The number of hydrogen-bond donors (Lipinski definition) is 3. The van der Waals surface area contributed by atoms with Crippen LogP contribution in [0.4, 0.5) is 13.2 Å². The first kappa shape index (κ1) is 19.2. The number of carbonyl (C=O) groups excluding carboxylic acids is 1. The lowest BCUT2D eigenvalue weighted by Crippen LogP contribution is -2.23. The number of amides is 1. The summed E-state index contributed by atoms with van der Waals surface area (Å²) >= 11 is 0. The molecule has 1 aromatic rings. The monoisotopic (exact) mass is 323 g/mol. The van der Waals surface area contributed by atoms with Gasteiger partial charge >= 0.3 is 6.18 Å². The van der Waals surface area contributed by atoms with Gasteiger partial charge in [-0.15, -0.1) is 12.4 Å². The van der Waals surface area contributed by atoms with E-state index in [1.807, 2.05) is 6.92 Å². The second kappa shape index (κ2) is 7.87. The number of rotatable bonds is 5. The molecule has 1 aromatic carbocycles.